The van der Waals surface area contributed by atoms with Crippen LogP contribution >= 0.6 is 0 Å². The van der Waals surface area contributed by atoms with Gasteiger partial charge in [0, 0.05) is 25.2 Å². The standard InChI is InChI=1S/C16H31N3/c1-18(2)4-5-19(3)16(11-17)14-7-12-6-13(9-14)10-15(16)8-12/h12-15H,4-11,17H2,1-3H3. The summed E-state index contributed by atoms with van der Waals surface area (Å²) in [7, 11) is 6.66. The van der Waals surface area contributed by atoms with E-state index in [4.69, 9.17) is 5.73 Å². The first-order valence-electron chi connectivity index (χ1n) is 8.12. The molecule has 0 amide bonds. The van der Waals surface area contributed by atoms with Gasteiger partial charge in [0.2, 0.25) is 0 Å². The third-order valence-electron chi connectivity index (χ3n) is 6.47. The largest absolute Gasteiger partial charge is 0.329 e. The second-order valence-corrected chi connectivity index (χ2v) is 7.72. The predicted molar refractivity (Wildman–Crippen MR) is 80.0 cm³/mol. The minimum absolute atomic E-state index is 0.323. The van der Waals surface area contributed by atoms with E-state index in [2.05, 4.69) is 30.9 Å². The lowest BCUT2D eigenvalue weighted by Gasteiger charge is -2.64. The van der Waals surface area contributed by atoms with Crippen molar-refractivity contribution in [2.24, 2.45) is 29.4 Å². The van der Waals surface area contributed by atoms with Gasteiger partial charge < -0.3 is 10.6 Å². The molecule has 0 aromatic rings. The van der Waals surface area contributed by atoms with E-state index in [1.54, 1.807) is 0 Å². The van der Waals surface area contributed by atoms with E-state index >= 15 is 0 Å². The van der Waals surface area contributed by atoms with Crippen LogP contribution in [0.25, 0.3) is 0 Å². The van der Waals surface area contributed by atoms with Gasteiger partial charge >= 0.3 is 0 Å². The van der Waals surface area contributed by atoms with Gasteiger partial charge in [-0.15, -0.1) is 0 Å². The molecule has 4 saturated carbocycles. The molecule has 0 unspecified atom stereocenters. The molecule has 0 saturated heterocycles. The van der Waals surface area contributed by atoms with Crippen LogP contribution in [0, 0.1) is 23.7 Å². The topological polar surface area (TPSA) is 32.5 Å². The number of nitrogens with two attached hydrogens (primary N) is 1. The van der Waals surface area contributed by atoms with Crippen LogP contribution in [0.4, 0.5) is 0 Å². The van der Waals surface area contributed by atoms with Crippen molar-refractivity contribution in [3.8, 4) is 0 Å². The number of likely N-dealkylation sites (N-methyl/N-ethyl adjacent to an activating group) is 2. The van der Waals surface area contributed by atoms with Gasteiger partial charge in [-0.3, -0.25) is 4.90 Å². The summed E-state index contributed by atoms with van der Waals surface area (Å²) >= 11 is 0. The van der Waals surface area contributed by atoms with Gasteiger partial charge in [0.1, 0.15) is 0 Å². The lowest BCUT2D eigenvalue weighted by Crippen LogP contribution is -2.68. The second kappa shape index (κ2) is 5.01. The van der Waals surface area contributed by atoms with Crippen molar-refractivity contribution in [2.45, 2.75) is 37.6 Å². The van der Waals surface area contributed by atoms with Gasteiger partial charge in [0.15, 0.2) is 0 Å². The molecule has 0 atom stereocenters. The maximum absolute atomic E-state index is 6.34. The fourth-order valence-electron chi connectivity index (χ4n) is 5.67. The summed E-state index contributed by atoms with van der Waals surface area (Å²) in [4.78, 5) is 4.93. The molecule has 4 aliphatic rings. The van der Waals surface area contributed by atoms with E-state index in [1.807, 2.05) is 0 Å². The van der Waals surface area contributed by atoms with Gasteiger partial charge in [-0.25, -0.2) is 0 Å². The average molecular weight is 265 g/mol. The molecule has 2 N–H and O–H groups in total. The van der Waals surface area contributed by atoms with E-state index in [-0.39, 0.29) is 0 Å². The highest BCUT2D eigenvalue weighted by atomic mass is 15.2. The number of nitrogens with zero attached hydrogens (tertiary/aromatic N) is 2. The van der Waals surface area contributed by atoms with Crippen molar-refractivity contribution in [1.29, 1.82) is 0 Å². The van der Waals surface area contributed by atoms with E-state index in [0.717, 1.165) is 43.3 Å². The molecule has 19 heavy (non-hydrogen) atoms. The Bertz CT molecular complexity index is 298. The van der Waals surface area contributed by atoms with Crippen LogP contribution in [0.3, 0.4) is 0 Å². The molecule has 4 bridgehead atoms. The van der Waals surface area contributed by atoms with Crippen molar-refractivity contribution in [2.75, 3.05) is 40.8 Å². The molecule has 4 rings (SSSR count). The molecular formula is C16H31N3. The highest BCUT2D eigenvalue weighted by Gasteiger charge is 2.57. The maximum Gasteiger partial charge on any atom is 0.0385 e. The van der Waals surface area contributed by atoms with E-state index in [9.17, 15) is 0 Å². The monoisotopic (exact) mass is 265 g/mol. The third-order valence-corrected chi connectivity index (χ3v) is 6.47. The van der Waals surface area contributed by atoms with E-state index in [0.29, 0.717) is 5.54 Å². The number of hydrogen-bond donors (Lipinski definition) is 1. The van der Waals surface area contributed by atoms with Crippen LogP contribution in [0.1, 0.15) is 32.1 Å². The maximum atomic E-state index is 6.34. The summed E-state index contributed by atoms with van der Waals surface area (Å²) in [6.07, 6.45) is 7.34. The summed E-state index contributed by atoms with van der Waals surface area (Å²) < 4.78 is 0. The van der Waals surface area contributed by atoms with Crippen LogP contribution in [-0.4, -0.2) is 56.1 Å². The zero-order valence-corrected chi connectivity index (χ0v) is 12.9. The highest BCUT2D eigenvalue weighted by molar-refractivity contribution is 5.12. The quantitative estimate of drug-likeness (QED) is 0.820. The molecule has 3 nitrogen and oxygen atoms in total. The minimum Gasteiger partial charge on any atom is -0.329 e. The van der Waals surface area contributed by atoms with Gasteiger partial charge in [-0.1, -0.05) is 0 Å². The fourth-order valence-corrected chi connectivity index (χ4v) is 5.67. The van der Waals surface area contributed by atoms with Crippen LogP contribution in [0.15, 0.2) is 0 Å². The van der Waals surface area contributed by atoms with E-state index in [1.165, 1.54) is 32.1 Å². The second-order valence-electron chi connectivity index (χ2n) is 7.72. The molecular weight excluding hydrogens is 234 g/mol. The van der Waals surface area contributed by atoms with Crippen LogP contribution < -0.4 is 5.73 Å². The first kappa shape index (κ1) is 13.8. The first-order chi connectivity index (χ1) is 9.06. The van der Waals surface area contributed by atoms with Crippen molar-refractivity contribution in [1.82, 2.24) is 9.80 Å². The molecule has 0 heterocycles. The molecule has 0 radical (unpaired) electrons. The molecule has 4 aliphatic carbocycles. The Hall–Kier alpha value is -0.120. The van der Waals surface area contributed by atoms with Crippen molar-refractivity contribution in [3.05, 3.63) is 0 Å². The zero-order chi connectivity index (χ0) is 13.6. The Morgan fingerprint density at radius 3 is 1.84 bits per heavy atom. The Balaban J connectivity index is 1.78. The first-order valence-corrected chi connectivity index (χ1v) is 8.12. The zero-order valence-electron chi connectivity index (χ0n) is 12.9. The molecule has 0 spiro atoms. The normalized spacial score (nSPS) is 44.5. The molecule has 0 aromatic carbocycles. The lowest BCUT2D eigenvalue weighted by atomic mass is 9.48. The molecule has 3 heteroatoms. The fraction of sp³-hybridized carbons (Fsp3) is 1.00. The van der Waals surface area contributed by atoms with E-state index < -0.39 is 0 Å². The van der Waals surface area contributed by atoms with Crippen LogP contribution in [0.2, 0.25) is 0 Å². The SMILES string of the molecule is CN(C)CCN(C)C1(CN)C2CC3CC(C2)CC1C3. The van der Waals surface area contributed by atoms with Gasteiger partial charge in [0.25, 0.3) is 0 Å². The Labute approximate surface area is 118 Å². The van der Waals surface area contributed by atoms with Crippen molar-refractivity contribution >= 4 is 0 Å². The smallest absolute Gasteiger partial charge is 0.0385 e. The molecule has 110 valence electrons. The Morgan fingerprint density at radius 1 is 0.895 bits per heavy atom. The molecule has 0 aromatic heterocycles. The van der Waals surface area contributed by atoms with Gasteiger partial charge in [-0.2, -0.15) is 0 Å². The van der Waals surface area contributed by atoms with Gasteiger partial charge in [0.05, 0.1) is 0 Å². The highest BCUT2D eigenvalue weighted by Crippen LogP contribution is 2.59. The average Bonchev–Trinajstić information content (AvgIpc) is 2.36. The van der Waals surface area contributed by atoms with Crippen molar-refractivity contribution < 1.29 is 0 Å². The summed E-state index contributed by atoms with van der Waals surface area (Å²) in [5.74, 6) is 3.82. The summed E-state index contributed by atoms with van der Waals surface area (Å²) in [6, 6.07) is 0. The van der Waals surface area contributed by atoms with Crippen LogP contribution in [0.5, 0.6) is 0 Å². The summed E-state index contributed by atoms with van der Waals surface area (Å²) in [6.45, 7) is 3.17. The van der Waals surface area contributed by atoms with Crippen molar-refractivity contribution in [3.63, 3.8) is 0 Å². The van der Waals surface area contributed by atoms with Crippen LogP contribution in [-0.2, 0) is 0 Å². The molecule has 4 fully saturated rings. The number of hydrogen-bond acceptors (Lipinski definition) is 3. The summed E-state index contributed by atoms with van der Waals surface area (Å²) in [5, 5.41) is 0. The predicted octanol–water partition coefficient (Wildman–Crippen LogP) is 1.63. The molecule has 0 aliphatic heterocycles. The minimum atomic E-state index is 0.323. The summed E-state index contributed by atoms with van der Waals surface area (Å²) in [5.41, 5.74) is 6.66. The number of rotatable bonds is 5. The lowest BCUT2D eigenvalue weighted by molar-refractivity contribution is -0.123. The van der Waals surface area contributed by atoms with Gasteiger partial charge in [-0.05, 0) is 76.9 Å². The third kappa shape index (κ3) is 2.14. The Morgan fingerprint density at radius 2 is 1.42 bits per heavy atom. The Kier molecular flexibility index (Phi) is 3.65.